The minimum atomic E-state index is -0.0239. The molecule has 0 saturated carbocycles. The monoisotopic (exact) mass is 354 g/mol. The number of nitrogens with zero attached hydrogens (tertiary/aromatic N) is 1. The van der Waals surface area contributed by atoms with Gasteiger partial charge in [-0.3, -0.25) is 0 Å². The van der Waals surface area contributed by atoms with Crippen LogP contribution in [0.2, 0.25) is 0 Å². The van der Waals surface area contributed by atoms with E-state index in [4.69, 9.17) is 0 Å². The van der Waals surface area contributed by atoms with E-state index in [1.54, 1.807) is 0 Å². The largest absolute Gasteiger partial charge is 0.323 e. The van der Waals surface area contributed by atoms with Gasteiger partial charge < -0.3 is 10.2 Å². The number of rotatable bonds is 2. The van der Waals surface area contributed by atoms with E-state index in [-0.39, 0.29) is 16.8 Å². The molecule has 1 N–H and O–H groups in total. The number of aryl methyl sites for hydroxylation is 1. The maximum absolute atomic E-state index is 12.8. The molecule has 0 radical (unpaired) electrons. The van der Waals surface area contributed by atoms with Gasteiger partial charge in [0.25, 0.3) is 0 Å². The van der Waals surface area contributed by atoms with Crippen molar-refractivity contribution < 1.29 is 4.79 Å². The van der Waals surface area contributed by atoms with Crippen LogP contribution in [0, 0.1) is 6.92 Å². The summed E-state index contributed by atoms with van der Waals surface area (Å²) < 4.78 is 0. The molecule has 1 saturated heterocycles. The number of hydrogen-bond donors (Lipinski definition) is 1. The molecule has 2 aromatic rings. The average molecular weight is 355 g/mol. The molecule has 1 aliphatic rings. The first-order valence-corrected chi connectivity index (χ1v) is 9.76. The third-order valence-electron chi connectivity index (χ3n) is 4.60. The predicted octanol–water partition coefficient (Wildman–Crippen LogP) is 5.57. The van der Waals surface area contributed by atoms with Crippen LogP contribution in [0.1, 0.15) is 42.8 Å². The predicted molar refractivity (Wildman–Crippen MR) is 107 cm³/mol. The first kappa shape index (κ1) is 17.9. The molecule has 0 unspecified atom stereocenters. The molecule has 132 valence electrons. The highest BCUT2D eigenvalue weighted by Gasteiger charge is 2.31. The van der Waals surface area contributed by atoms with E-state index >= 15 is 0 Å². The van der Waals surface area contributed by atoms with Crippen LogP contribution in [-0.4, -0.2) is 23.2 Å². The van der Waals surface area contributed by atoms with Gasteiger partial charge in [0.1, 0.15) is 5.37 Å². The second kappa shape index (κ2) is 7.12. The zero-order valence-corrected chi connectivity index (χ0v) is 16.2. The van der Waals surface area contributed by atoms with Crippen LogP contribution in [-0.2, 0) is 5.41 Å². The van der Waals surface area contributed by atoms with Crippen molar-refractivity contribution in [1.82, 2.24) is 4.90 Å². The van der Waals surface area contributed by atoms with Gasteiger partial charge in [-0.2, -0.15) is 0 Å². The normalized spacial score (nSPS) is 17.6. The minimum Gasteiger partial charge on any atom is -0.308 e. The number of urea groups is 1. The number of anilines is 1. The first-order valence-electron chi connectivity index (χ1n) is 8.71. The van der Waals surface area contributed by atoms with Crippen molar-refractivity contribution in [3.8, 4) is 0 Å². The Morgan fingerprint density at radius 3 is 2.44 bits per heavy atom. The quantitative estimate of drug-likeness (QED) is 0.764. The van der Waals surface area contributed by atoms with Gasteiger partial charge in [0, 0.05) is 18.0 Å². The number of para-hydroxylation sites is 1. The number of nitrogens with one attached hydrogen (secondary N) is 1. The number of thioether (sulfide) groups is 1. The van der Waals surface area contributed by atoms with Crippen molar-refractivity contribution in [2.45, 2.75) is 38.5 Å². The molecule has 1 heterocycles. The van der Waals surface area contributed by atoms with Crippen molar-refractivity contribution >= 4 is 23.5 Å². The van der Waals surface area contributed by atoms with Gasteiger partial charge in [0.15, 0.2) is 0 Å². The van der Waals surface area contributed by atoms with Crippen LogP contribution < -0.4 is 5.32 Å². The van der Waals surface area contributed by atoms with Gasteiger partial charge in [-0.1, -0.05) is 63.2 Å². The zero-order chi connectivity index (χ0) is 18.0. The Kier molecular flexibility index (Phi) is 5.09. The third kappa shape index (κ3) is 4.01. The zero-order valence-electron chi connectivity index (χ0n) is 15.4. The van der Waals surface area contributed by atoms with E-state index in [0.29, 0.717) is 0 Å². The summed E-state index contributed by atoms with van der Waals surface area (Å²) in [5.41, 5.74) is 4.61. The van der Waals surface area contributed by atoms with Crippen LogP contribution in [0.3, 0.4) is 0 Å². The lowest BCUT2D eigenvalue weighted by Gasteiger charge is -2.26. The smallest absolute Gasteiger partial charge is 0.308 e. The molecule has 2 aromatic carbocycles. The Morgan fingerprint density at radius 2 is 1.80 bits per heavy atom. The van der Waals surface area contributed by atoms with Crippen molar-refractivity contribution in [2.24, 2.45) is 0 Å². The molecular weight excluding hydrogens is 328 g/mol. The molecule has 3 nitrogen and oxygen atoms in total. The van der Waals surface area contributed by atoms with E-state index in [9.17, 15) is 4.79 Å². The summed E-state index contributed by atoms with van der Waals surface area (Å²) in [6, 6.07) is 16.6. The fraction of sp³-hybridized carbons (Fsp3) is 0.381. The second-order valence-electron chi connectivity index (χ2n) is 7.53. The topological polar surface area (TPSA) is 32.3 Å². The van der Waals surface area contributed by atoms with Gasteiger partial charge in [-0.15, -0.1) is 11.8 Å². The van der Waals surface area contributed by atoms with Crippen molar-refractivity contribution in [1.29, 1.82) is 0 Å². The van der Waals surface area contributed by atoms with Crippen LogP contribution in [0.4, 0.5) is 10.5 Å². The lowest BCUT2D eigenvalue weighted by atomic mass is 9.87. The molecule has 0 bridgehead atoms. The van der Waals surface area contributed by atoms with E-state index < -0.39 is 0 Å². The molecule has 25 heavy (non-hydrogen) atoms. The van der Waals surface area contributed by atoms with Gasteiger partial charge in [0.05, 0.1) is 0 Å². The second-order valence-corrected chi connectivity index (χ2v) is 8.72. The summed E-state index contributed by atoms with van der Waals surface area (Å²) >= 11 is 1.83. The number of carbonyl (C=O) groups excluding carboxylic acids is 1. The Bertz CT molecular complexity index is 749. The maximum Gasteiger partial charge on any atom is 0.323 e. The SMILES string of the molecule is Cc1ccccc1NC(=O)N1CCS[C@@H]1c1ccc(C(C)(C)C)cc1. The Hall–Kier alpha value is -1.94. The number of amides is 2. The molecule has 1 atom stereocenters. The highest BCUT2D eigenvalue weighted by molar-refractivity contribution is 7.99. The minimum absolute atomic E-state index is 0.0239. The number of carbonyl (C=O) groups is 1. The van der Waals surface area contributed by atoms with Crippen LogP contribution in [0.15, 0.2) is 48.5 Å². The molecule has 3 rings (SSSR count). The third-order valence-corrected chi connectivity index (χ3v) is 5.86. The number of hydrogen-bond acceptors (Lipinski definition) is 2. The number of benzene rings is 2. The fourth-order valence-corrected chi connectivity index (χ4v) is 4.26. The Labute approximate surface area is 154 Å². The molecular formula is C21H26N2OS. The molecule has 0 aromatic heterocycles. The summed E-state index contributed by atoms with van der Waals surface area (Å²) in [6.07, 6.45) is 0. The van der Waals surface area contributed by atoms with E-state index in [1.165, 1.54) is 11.1 Å². The molecule has 1 fully saturated rings. The highest BCUT2D eigenvalue weighted by Crippen LogP contribution is 2.39. The van der Waals surface area contributed by atoms with Crippen LogP contribution in [0.25, 0.3) is 0 Å². The van der Waals surface area contributed by atoms with Gasteiger partial charge >= 0.3 is 6.03 Å². The summed E-state index contributed by atoms with van der Waals surface area (Å²) in [5.74, 6) is 0.965. The fourth-order valence-electron chi connectivity index (χ4n) is 3.00. The average Bonchev–Trinajstić information content (AvgIpc) is 3.06. The van der Waals surface area contributed by atoms with Crippen LogP contribution >= 0.6 is 11.8 Å². The highest BCUT2D eigenvalue weighted by atomic mass is 32.2. The molecule has 2 amide bonds. The van der Waals surface area contributed by atoms with Crippen LogP contribution in [0.5, 0.6) is 0 Å². The molecule has 0 aliphatic carbocycles. The first-order chi connectivity index (χ1) is 11.9. The molecule has 4 heteroatoms. The van der Waals surface area contributed by atoms with E-state index in [0.717, 1.165) is 23.5 Å². The van der Waals surface area contributed by atoms with Gasteiger partial charge in [-0.05, 0) is 35.1 Å². The summed E-state index contributed by atoms with van der Waals surface area (Å²) in [5, 5.41) is 3.14. The Balaban J connectivity index is 1.76. The summed E-state index contributed by atoms with van der Waals surface area (Å²) in [7, 11) is 0. The summed E-state index contributed by atoms with van der Waals surface area (Å²) in [4.78, 5) is 14.7. The van der Waals surface area contributed by atoms with Gasteiger partial charge in [0.2, 0.25) is 0 Å². The standard InChI is InChI=1S/C21H26N2OS/c1-15-7-5-6-8-18(15)22-20(24)23-13-14-25-19(23)16-9-11-17(12-10-16)21(2,3)4/h5-12,19H,13-14H2,1-4H3,(H,22,24)/t19-/m1/s1. The van der Waals surface area contributed by atoms with Crippen molar-refractivity contribution in [3.63, 3.8) is 0 Å². The molecule has 1 aliphatic heterocycles. The lowest BCUT2D eigenvalue weighted by Crippen LogP contribution is -2.34. The van der Waals surface area contributed by atoms with E-state index in [2.05, 4.69) is 50.4 Å². The maximum atomic E-state index is 12.8. The summed E-state index contributed by atoms with van der Waals surface area (Å²) in [6.45, 7) is 9.43. The lowest BCUT2D eigenvalue weighted by molar-refractivity contribution is 0.214. The van der Waals surface area contributed by atoms with Crippen molar-refractivity contribution in [3.05, 3.63) is 65.2 Å². The Morgan fingerprint density at radius 1 is 1.12 bits per heavy atom. The van der Waals surface area contributed by atoms with Gasteiger partial charge in [-0.25, -0.2) is 4.79 Å². The van der Waals surface area contributed by atoms with E-state index in [1.807, 2.05) is 47.9 Å². The van der Waals surface area contributed by atoms with Crippen molar-refractivity contribution in [2.75, 3.05) is 17.6 Å². The molecule has 0 spiro atoms.